The van der Waals surface area contributed by atoms with Gasteiger partial charge in [-0.25, -0.2) is 4.39 Å². The van der Waals surface area contributed by atoms with Crippen LogP contribution in [0.1, 0.15) is 29.2 Å². The molecule has 0 aliphatic carbocycles. The molecular formula is C27H21ClF7N3OS. The molecule has 1 unspecified atom stereocenters. The van der Waals surface area contributed by atoms with Crippen molar-refractivity contribution >= 4 is 40.7 Å². The number of hydrazone groups is 1. The second-order valence-corrected chi connectivity index (χ2v) is 10.6. The highest BCUT2D eigenvalue weighted by Gasteiger charge is 2.42. The van der Waals surface area contributed by atoms with Crippen molar-refractivity contribution in [3.05, 3.63) is 93.8 Å². The summed E-state index contributed by atoms with van der Waals surface area (Å²) in [6, 6.07) is 12.8. The number of carbonyl (C=O) groups is 1. The molecule has 1 aliphatic rings. The van der Waals surface area contributed by atoms with E-state index in [2.05, 4.69) is 10.4 Å². The first-order valence-electron chi connectivity index (χ1n) is 11.6. The molecule has 3 aromatic rings. The predicted octanol–water partition coefficient (Wildman–Crippen LogP) is 7.85. The van der Waals surface area contributed by atoms with Crippen LogP contribution in [-0.2, 0) is 22.6 Å². The van der Waals surface area contributed by atoms with Crippen LogP contribution < -0.4 is 5.32 Å². The second-order valence-electron chi connectivity index (χ2n) is 9.27. The molecular weight excluding hydrogens is 583 g/mol. The Bertz CT molecular complexity index is 1480. The molecule has 1 atom stereocenters. The van der Waals surface area contributed by atoms with Gasteiger partial charge in [-0.1, -0.05) is 29.8 Å². The molecule has 1 N–H and O–H groups in total. The van der Waals surface area contributed by atoms with Crippen LogP contribution in [0.4, 0.5) is 36.4 Å². The molecule has 3 aromatic carbocycles. The summed E-state index contributed by atoms with van der Waals surface area (Å²) in [4.78, 5) is 13.7. The zero-order valence-electron chi connectivity index (χ0n) is 20.9. The zero-order valence-corrected chi connectivity index (χ0v) is 22.5. The number of hydrogen-bond donors (Lipinski definition) is 1. The van der Waals surface area contributed by atoms with Gasteiger partial charge in [0, 0.05) is 16.1 Å². The number of rotatable bonds is 6. The van der Waals surface area contributed by atoms with E-state index in [4.69, 9.17) is 11.6 Å². The normalized spacial score (nSPS) is 17.6. The molecule has 0 saturated heterocycles. The Kier molecular flexibility index (Phi) is 8.15. The van der Waals surface area contributed by atoms with Gasteiger partial charge in [0.15, 0.2) is 0 Å². The topological polar surface area (TPSA) is 44.7 Å². The SMILES string of the molecule is CSc1cccc(C2(C)CN(CC(=O)Nc3ccc(C(F)(F)F)c(F)c3)N=C2c2ccc(C(F)(F)F)c(Cl)c2)c1. The lowest BCUT2D eigenvalue weighted by molar-refractivity contribution is -0.140. The summed E-state index contributed by atoms with van der Waals surface area (Å²) in [5.74, 6) is -2.22. The number of nitrogens with zero attached hydrogens (tertiary/aromatic N) is 2. The van der Waals surface area contributed by atoms with Gasteiger partial charge < -0.3 is 5.32 Å². The third kappa shape index (κ3) is 6.22. The Morgan fingerprint density at radius 3 is 2.30 bits per heavy atom. The summed E-state index contributed by atoms with van der Waals surface area (Å²) in [5.41, 5.74) is -2.03. The van der Waals surface area contributed by atoms with Crippen molar-refractivity contribution < 1.29 is 35.5 Å². The highest BCUT2D eigenvalue weighted by molar-refractivity contribution is 7.98. The monoisotopic (exact) mass is 603 g/mol. The highest BCUT2D eigenvalue weighted by Crippen LogP contribution is 2.40. The van der Waals surface area contributed by atoms with Crippen molar-refractivity contribution in [2.75, 3.05) is 24.7 Å². The minimum atomic E-state index is -4.88. The van der Waals surface area contributed by atoms with Crippen molar-refractivity contribution in [1.29, 1.82) is 0 Å². The molecule has 0 spiro atoms. The lowest BCUT2D eigenvalue weighted by Gasteiger charge is -2.28. The van der Waals surface area contributed by atoms with Crippen LogP contribution in [0.25, 0.3) is 0 Å². The third-order valence-corrected chi connectivity index (χ3v) is 7.44. The van der Waals surface area contributed by atoms with Crippen LogP contribution >= 0.6 is 23.4 Å². The molecule has 212 valence electrons. The number of amides is 1. The molecule has 13 heteroatoms. The fourth-order valence-corrected chi connectivity index (χ4v) is 5.22. The van der Waals surface area contributed by atoms with Gasteiger partial charge in [0.05, 0.1) is 33.8 Å². The molecule has 0 radical (unpaired) electrons. The number of thioether (sulfide) groups is 1. The minimum Gasteiger partial charge on any atom is -0.324 e. The molecule has 0 bridgehead atoms. The molecule has 1 amide bonds. The second kappa shape index (κ2) is 11.0. The quantitative estimate of drug-likeness (QED) is 0.230. The first kappa shape index (κ1) is 29.7. The van der Waals surface area contributed by atoms with Crippen LogP contribution in [0, 0.1) is 5.82 Å². The van der Waals surface area contributed by atoms with Crippen molar-refractivity contribution in [1.82, 2.24) is 5.01 Å². The van der Waals surface area contributed by atoms with Crippen LogP contribution in [0.2, 0.25) is 5.02 Å². The van der Waals surface area contributed by atoms with Crippen LogP contribution in [0.15, 0.2) is 70.7 Å². The Labute approximate surface area is 234 Å². The maximum Gasteiger partial charge on any atom is 0.419 e. The number of benzene rings is 3. The Balaban J connectivity index is 1.65. The van der Waals surface area contributed by atoms with Gasteiger partial charge in [-0.15, -0.1) is 11.8 Å². The summed E-state index contributed by atoms with van der Waals surface area (Å²) < 4.78 is 92.4. The molecule has 4 nitrogen and oxygen atoms in total. The third-order valence-electron chi connectivity index (χ3n) is 6.40. The van der Waals surface area contributed by atoms with Crippen molar-refractivity contribution in [2.45, 2.75) is 29.6 Å². The minimum absolute atomic E-state index is 0.146. The maximum absolute atomic E-state index is 13.9. The van der Waals surface area contributed by atoms with Gasteiger partial charge in [0.1, 0.15) is 12.4 Å². The van der Waals surface area contributed by atoms with E-state index in [1.807, 2.05) is 37.4 Å². The summed E-state index contributed by atoms with van der Waals surface area (Å²) in [5, 5.41) is 7.78. The predicted molar refractivity (Wildman–Crippen MR) is 140 cm³/mol. The van der Waals surface area contributed by atoms with Gasteiger partial charge in [-0.3, -0.25) is 9.80 Å². The lowest BCUT2D eigenvalue weighted by atomic mass is 9.76. The average Bonchev–Trinajstić information content (AvgIpc) is 3.19. The van der Waals surface area contributed by atoms with E-state index in [0.717, 1.165) is 22.6 Å². The molecule has 0 aromatic heterocycles. The van der Waals surface area contributed by atoms with Gasteiger partial charge >= 0.3 is 12.4 Å². The van der Waals surface area contributed by atoms with Gasteiger partial charge in [0.2, 0.25) is 5.91 Å². The first-order valence-corrected chi connectivity index (χ1v) is 13.2. The number of carbonyl (C=O) groups excluding carboxylic acids is 1. The maximum atomic E-state index is 13.9. The summed E-state index contributed by atoms with van der Waals surface area (Å²) in [6.07, 6.45) is -7.64. The molecule has 40 heavy (non-hydrogen) atoms. The van der Waals surface area contributed by atoms with Crippen LogP contribution in [-0.4, -0.2) is 36.0 Å². The molecule has 1 aliphatic heterocycles. The fraction of sp³-hybridized carbons (Fsp3) is 0.259. The van der Waals surface area contributed by atoms with Crippen molar-refractivity contribution in [3.8, 4) is 0 Å². The summed E-state index contributed by atoms with van der Waals surface area (Å²) >= 11 is 7.48. The molecule has 0 fully saturated rings. The number of anilines is 1. The Hall–Kier alpha value is -3.25. The molecule has 0 saturated carbocycles. The number of nitrogens with one attached hydrogen (secondary N) is 1. The lowest BCUT2D eigenvalue weighted by Crippen LogP contribution is -2.38. The number of halogens is 8. The van der Waals surface area contributed by atoms with Crippen molar-refractivity contribution in [3.63, 3.8) is 0 Å². The molecule has 1 heterocycles. The van der Waals surface area contributed by atoms with Gasteiger partial charge in [0.25, 0.3) is 0 Å². The van der Waals surface area contributed by atoms with E-state index >= 15 is 0 Å². The standard InChI is InChI=1S/C27H21ClF7N3OS/c1-25(16-4-3-5-18(11-16)40-2)14-38(37-24(25)15-6-8-19(21(28)10-15)26(30,31)32)13-23(39)36-17-7-9-20(22(29)12-17)27(33,34)35/h3-12H,13-14H2,1-2H3,(H,36,39). The van der Waals surface area contributed by atoms with E-state index in [1.165, 1.54) is 28.9 Å². The van der Waals surface area contributed by atoms with Crippen molar-refractivity contribution in [2.24, 2.45) is 5.10 Å². The first-order chi connectivity index (χ1) is 18.6. The largest absolute Gasteiger partial charge is 0.419 e. The van der Waals surface area contributed by atoms with Crippen LogP contribution in [0.3, 0.4) is 0 Å². The Morgan fingerprint density at radius 1 is 1.02 bits per heavy atom. The molecule has 4 rings (SSSR count). The Morgan fingerprint density at radius 2 is 1.70 bits per heavy atom. The highest BCUT2D eigenvalue weighted by atomic mass is 35.5. The van der Waals surface area contributed by atoms with E-state index in [9.17, 15) is 35.5 Å². The van der Waals surface area contributed by atoms with Gasteiger partial charge in [-0.2, -0.15) is 31.4 Å². The van der Waals surface area contributed by atoms with E-state index < -0.39 is 45.6 Å². The summed E-state index contributed by atoms with van der Waals surface area (Å²) in [7, 11) is 0. The average molecular weight is 604 g/mol. The van der Waals surface area contributed by atoms with E-state index in [0.29, 0.717) is 23.4 Å². The smallest absolute Gasteiger partial charge is 0.324 e. The van der Waals surface area contributed by atoms with E-state index in [1.54, 1.807) is 0 Å². The fourth-order valence-electron chi connectivity index (χ4n) is 4.47. The van der Waals surface area contributed by atoms with Crippen LogP contribution in [0.5, 0.6) is 0 Å². The summed E-state index contributed by atoms with van der Waals surface area (Å²) in [6.45, 7) is 1.62. The number of hydrogen-bond acceptors (Lipinski definition) is 4. The van der Waals surface area contributed by atoms with Gasteiger partial charge in [-0.05, 0) is 61.2 Å². The number of alkyl halides is 6. The van der Waals surface area contributed by atoms with E-state index in [-0.39, 0.29) is 18.8 Å². The zero-order chi connectivity index (χ0) is 29.5.